The fourth-order valence-electron chi connectivity index (χ4n) is 4.18. The number of fused-ring (bicyclic) bond motifs is 1. The van der Waals surface area contributed by atoms with E-state index in [0.29, 0.717) is 6.61 Å². The van der Waals surface area contributed by atoms with E-state index in [1.807, 2.05) is 24.3 Å². The Kier molecular flexibility index (Phi) is 4.20. The molecule has 1 N–H and O–H groups in total. The Morgan fingerprint density at radius 1 is 1.08 bits per heavy atom. The van der Waals surface area contributed by atoms with Crippen LogP contribution in [0.4, 0.5) is 4.39 Å². The van der Waals surface area contributed by atoms with Gasteiger partial charge in [-0.2, -0.15) is 0 Å². The van der Waals surface area contributed by atoms with Crippen molar-refractivity contribution in [1.82, 2.24) is 5.32 Å². The van der Waals surface area contributed by atoms with E-state index in [0.717, 1.165) is 49.0 Å². The van der Waals surface area contributed by atoms with E-state index in [4.69, 9.17) is 4.74 Å². The van der Waals surface area contributed by atoms with Crippen LogP contribution >= 0.6 is 0 Å². The van der Waals surface area contributed by atoms with Crippen LogP contribution in [0.1, 0.15) is 49.3 Å². The highest BCUT2D eigenvalue weighted by Gasteiger charge is 2.43. The number of carbonyl (C=O) groups is 1. The van der Waals surface area contributed by atoms with Crippen molar-refractivity contribution in [1.29, 1.82) is 0 Å². The summed E-state index contributed by atoms with van der Waals surface area (Å²) >= 11 is 0. The summed E-state index contributed by atoms with van der Waals surface area (Å²) in [4.78, 5) is 13.3. The highest BCUT2D eigenvalue weighted by atomic mass is 19.1. The number of benzene rings is 2. The average molecular weight is 339 g/mol. The van der Waals surface area contributed by atoms with Crippen LogP contribution in [0.2, 0.25) is 0 Å². The monoisotopic (exact) mass is 339 g/mol. The maximum atomic E-state index is 13.3. The molecule has 25 heavy (non-hydrogen) atoms. The van der Waals surface area contributed by atoms with Crippen LogP contribution < -0.4 is 10.1 Å². The lowest BCUT2D eigenvalue weighted by Gasteiger charge is -2.33. The minimum Gasteiger partial charge on any atom is -0.493 e. The van der Waals surface area contributed by atoms with E-state index in [1.165, 1.54) is 12.1 Å². The summed E-state index contributed by atoms with van der Waals surface area (Å²) in [7, 11) is 0. The number of halogens is 1. The van der Waals surface area contributed by atoms with Crippen molar-refractivity contribution in [2.75, 3.05) is 6.61 Å². The fraction of sp³-hybridized carbons (Fsp3) is 0.381. The molecule has 0 unspecified atom stereocenters. The summed E-state index contributed by atoms with van der Waals surface area (Å²) < 4.78 is 19.0. The third-order valence-electron chi connectivity index (χ3n) is 5.55. The number of nitrogens with one attached hydrogen (secondary N) is 1. The molecule has 2 aromatic carbocycles. The summed E-state index contributed by atoms with van der Waals surface area (Å²) in [6.07, 6.45) is 4.44. The molecule has 0 bridgehead atoms. The van der Waals surface area contributed by atoms with Gasteiger partial charge in [0, 0.05) is 12.0 Å². The SMILES string of the molecule is O=C(N[C@H]1CCOc2ccccc21)C1(c2ccc(F)cc2)CCCC1. The molecule has 130 valence electrons. The molecule has 0 spiro atoms. The van der Waals surface area contributed by atoms with Crippen molar-refractivity contribution in [2.45, 2.75) is 43.6 Å². The molecular formula is C21H22FNO2. The number of carbonyl (C=O) groups excluding carboxylic acids is 1. The zero-order chi connectivity index (χ0) is 17.3. The van der Waals surface area contributed by atoms with E-state index < -0.39 is 5.41 Å². The van der Waals surface area contributed by atoms with Crippen molar-refractivity contribution < 1.29 is 13.9 Å². The van der Waals surface area contributed by atoms with Crippen LogP contribution in [0, 0.1) is 5.82 Å². The second-order valence-corrected chi connectivity index (χ2v) is 7.00. The Morgan fingerprint density at radius 3 is 2.56 bits per heavy atom. The average Bonchev–Trinajstić information content (AvgIpc) is 3.14. The van der Waals surface area contributed by atoms with Gasteiger partial charge in [-0.15, -0.1) is 0 Å². The first-order valence-corrected chi connectivity index (χ1v) is 8.98. The molecule has 2 aromatic rings. The number of hydrogen-bond donors (Lipinski definition) is 1. The number of amides is 1. The van der Waals surface area contributed by atoms with Gasteiger partial charge in [0.1, 0.15) is 11.6 Å². The molecule has 2 aliphatic rings. The fourth-order valence-corrected chi connectivity index (χ4v) is 4.18. The van der Waals surface area contributed by atoms with Gasteiger partial charge in [0.25, 0.3) is 0 Å². The zero-order valence-electron chi connectivity index (χ0n) is 14.1. The minimum absolute atomic E-state index is 0.0321. The molecule has 0 saturated heterocycles. The van der Waals surface area contributed by atoms with Crippen LogP contribution in [0.15, 0.2) is 48.5 Å². The van der Waals surface area contributed by atoms with E-state index in [2.05, 4.69) is 5.32 Å². The normalized spacial score (nSPS) is 21.2. The first-order chi connectivity index (χ1) is 12.2. The molecule has 1 aliphatic heterocycles. The Bertz CT molecular complexity index is 766. The third kappa shape index (κ3) is 2.90. The molecule has 1 atom stereocenters. The van der Waals surface area contributed by atoms with Gasteiger partial charge in [0.2, 0.25) is 5.91 Å². The van der Waals surface area contributed by atoms with Crippen LogP contribution in [-0.4, -0.2) is 12.5 Å². The molecule has 1 aliphatic carbocycles. The van der Waals surface area contributed by atoms with Gasteiger partial charge in [0.05, 0.1) is 18.1 Å². The van der Waals surface area contributed by atoms with E-state index >= 15 is 0 Å². The maximum absolute atomic E-state index is 13.3. The Morgan fingerprint density at radius 2 is 1.80 bits per heavy atom. The van der Waals surface area contributed by atoms with Gasteiger partial charge in [-0.3, -0.25) is 4.79 Å². The number of para-hydroxylation sites is 1. The highest BCUT2D eigenvalue weighted by Crippen LogP contribution is 2.42. The van der Waals surface area contributed by atoms with Gasteiger partial charge >= 0.3 is 0 Å². The molecule has 0 aromatic heterocycles. The first-order valence-electron chi connectivity index (χ1n) is 8.98. The lowest BCUT2D eigenvalue weighted by Crippen LogP contribution is -2.45. The van der Waals surface area contributed by atoms with E-state index in [-0.39, 0.29) is 17.8 Å². The quantitative estimate of drug-likeness (QED) is 0.906. The molecule has 1 amide bonds. The topological polar surface area (TPSA) is 38.3 Å². The molecule has 3 nitrogen and oxygen atoms in total. The van der Waals surface area contributed by atoms with Crippen LogP contribution in [0.25, 0.3) is 0 Å². The molecule has 4 heteroatoms. The molecule has 0 radical (unpaired) electrons. The predicted molar refractivity (Wildman–Crippen MR) is 94.0 cm³/mol. The van der Waals surface area contributed by atoms with Crippen molar-refractivity contribution in [3.8, 4) is 5.75 Å². The zero-order valence-corrected chi connectivity index (χ0v) is 14.1. The van der Waals surface area contributed by atoms with Crippen LogP contribution in [0.5, 0.6) is 5.75 Å². The molecular weight excluding hydrogens is 317 g/mol. The van der Waals surface area contributed by atoms with Crippen LogP contribution in [-0.2, 0) is 10.2 Å². The summed E-state index contributed by atoms with van der Waals surface area (Å²) in [5, 5.41) is 3.26. The van der Waals surface area contributed by atoms with Crippen molar-refractivity contribution in [3.63, 3.8) is 0 Å². The Hall–Kier alpha value is -2.36. The predicted octanol–water partition coefficient (Wildman–Crippen LogP) is 4.28. The van der Waals surface area contributed by atoms with Crippen molar-refractivity contribution in [3.05, 3.63) is 65.5 Å². The van der Waals surface area contributed by atoms with Crippen molar-refractivity contribution >= 4 is 5.91 Å². The van der Waals surface area contributed by atoms with Gasteiger partial charge in [-0.1, -0.05) is 43.2 Å². The maximum Gasteiger partial charge on any atom is 0.231 e. The Labute approximate surface area is 147 Å². The third-order valence-corrected chi connectivity index (χ3v) is 5.55. The molecule has 1 saturated carbocycles. The smallest absolute Gasteiger partial charge is 0.231 e. The second-order valence-electron chi connectivity index (χ2n) is 7.00. The summed E-state index contributed by atoms with van der Waals surface area (Å²) in [5.74, 6) is 0.635. The molecule has 1 fully saturated rings. The minimum atomic E-state index is -0.541. The van der Waals surface area contributed by atoms with Crippen molar-refractivity contribution in [2.24, 2.45) is 0 Å². The van der Waals surface area contributed by atoms with Gasteiger partial charge < -0.3 is 10.1 Å². The van der Waals surface area contributed by atoms with E-state index in [1.54, 1.807) is 12.1 Å². The number of rotatable bonds is 3. The standard InChI is InChI=1S/C21H22FNO2/c22-16-9-7-15(8-10-16)21(12-3-4-13-21)20(24)23-18-11-14-25-19-6-2-1-5-17(18)19/h1-2,5-10,18H,3-4,11-14H2,(H,23,24)/t18-/m0/s1. The summed E-state index contributed by atoms with van der Waals surface area (Å²) in [6.45, 7) is 0.603. The van der Waals surface area contributed by atoms with E-state index in [9.17, 15) is 9.18 Å². The summed E-state index contributed by atoms with van der Waals surface area (Å²) in [5.41, 5.74) is 1.42. The molecule has 1 heterocycles. The first kappa shape index (κ1) is 16.1. The largest absolute Gasteiger partial charge is 0.493 e. The molecule has 4 rings (SSSR count). The van der Waals surface area contributed by atoms with Gasteiger partial charge in [-0.25, -0.2) is 4.39 Å². The van der Waals surface area contributed by atoms with Gasteiger partial charge in [-0.05, 0) is 36.6 Å². The lowest BCUT2D eigenvalue weighted by atomic mass is 9.77. The Balaban J connectivity index is 1.62. The number of ether oxygens (including phenoxy) is 1. The number of hydrogen-bond acceptors (Lipinski definition) is 2. The lowest BCUT2D eigenvalue weighted by molar-refractivity contribution is -0.127. The highest BCUT2D eigenvalue weighted by molar-refractivity contribution is 5.89. The summed E-state index contributed by atoms with van der Waals surface area (Å²) in [6, 6.07) is 14.3. The van der Waals surface area contributed by atoms with Crippen LogP contribution in [0.3, 0.4) is 0 Å². The van der Waals surface area contributed by atoms with Gasteiger partial charge in [0.15, 0.2) is 0 Å². The second kappa shape index (κ2) is 6.51.